The quantitative estimate of drug-likeness (QED) is 0.709. The Labute approximate surface area is 82.0 Å². The molecule has 2 nitrogen and oxygen atoms in total. The van der Waals surface area contributed by atoms with Gasteiger partial charge in [-0.1, -0.05) is 6.92 Å². The van der Waals surface area contributed by atoms with Crippen molar-refractivity contribution in [3.63, 3.8) is 0 Å². The van der Waals surface area contributed by atoms with E-state index in [9.17, 15) is 0 Å². The molecule has 78 valence electrons. The third-order valence-corrected chi connectivity index (χ3v) is 2.94. The van der Waals surface area contributed by atoms with E-state index in [-0.39, 0.29) is 0 Å². The van der Waals surface area contributed by atoms with Gasteiger partial charge in [0.15, 0.2) is 0 Å². The second kappa shape index (κ2) is 5.61. The summed E-state index contributed by atoms with van der Waals surface area (Å²) < 4.78 is 5.62. The molecule has 0 radical (unpaired) electrons. The maximum Gasteiger partial charge on any atom is 0.0578 e. The number of hydrogen-bond acceptors (Lipinski definition) is 2. The Morgan fingerprint density at radius 3 is 2.77 bits per heavy atom. The molecular formula is C11H23NO. The lowest BCUT2D eigenvalue weighted by atomic mass is 9.95. The van der Waals surface area contributed by atoms with Crippen LogP contribution in [0.2, 0.25) is 0 Å². The Bertz CT molecular complexity index is 132. The van der Waals surface area contributed by atoms with E-state index in [0.29, 0.717) is 12.1 Å². The summed E-state index contributed by atoms with van der Waals surface area (Å²) in [5.74, 6) is 0.783. The van der Waals surface area contributed by atoms with Gasteiger partial charge in [-0.15, -0.1) is 0 Å². The fourth-order valence-corrected chi connectivity index (χ4v) is 2.10. The zero-order chi connectivity index (χ0) is 9.68. The highest BCUT2D eigenvalue weighted by atomic mass is 16.5. The predicted octanol–water partition coefficient (Wildman–Crippen LogP) is 2.19. The molecule has 0 spiro atoms. The van der Waals surface area contributed by atoms with Crippen LogP contribution >= 0.6 is 0 Å². The van der Waals surface area contributed by atoms with Crippen molar-refractivity contribution >= 4 is 0 Å². The van der Waals surface area contributed by atoms with Gasteiger partial charge in [0, 0.05) is 12.6 Å². The summed E-state index contributed by atoms with van der Waals surface area (Å²) in [4.78, 5) is 0. The maximum atomic E-state index is 5.62. The molecule has 0 amide bonds. The molecule has 1 N–H and O–H groups in total. The molecule has 3 unspecified atom stereocenters. The topological polar surface area (TPSA) is 21.3 Å². The van der Waals surface area contributed by atoms with Crippen LogP contribution in [0.5, 0.6) is 0 Å². The summed E-state index contributed by atoms with van der Waals surface area (Å²) >= 11 is 0. The minimum absolute atomic E-state index is 0.555. The largest absolute Gasteiger partial charge is 0.378 e. The molecule has 3 atom stereocenters. The molecular weight excluding hydrogens is 162 g/mol. The van der Waals surface area contributed by atoms with Gasteiger partial charge in [0.25, 0.3) is 0 Å². The molecule has 0 aliphatic carbocycles. The van der Waals surface area contributed by atoms with Crippen LogP contribution in [0.4, 0.5) is 0 Å². The van der Waals surface area contributed by atoms with Crippen molar-refractivity contribution in [2.24, 2.45) is 5.92 Å². The van der Waals surface area contributed by atoms with Gasteiger partial charge in [-0.05, 0) is 45.6 Å². The second-order valence-electron chi connectivity index (χ2n) is 4.40. The lowest BCUT2D eigenvalue weighted by Gasteiger charge is -2.19. The van der Waals surface area contributed by atoms with E-state index in [1.807, 2.05) is 7.05 Å². The highest BCUT2D eigenvalue weighted by molar-refractivity contribution is 4.71. The number of nitrogens with one attached hydrogen (secondary N) is 1. The SMILES string of the molecule is CNC(C)CC(C)CC1CCCO1. The first-order valence-electron chi connectivity index (χ1n) is 5.51. The van der Waals surface area contributed by atoms with Crippen LogP contribution in [0.25, 0.3) is 0 Å². The Morgan fingerprint density at radius 2 is 2.23 bits per heavy atom. The molecule has 1 heterocycles. The fraction of sp³-hybridized carbons (Fsp3) is 1.00. The van der Waals surface area contributed by atoms with E-state index >= 15 is 0 Å². The molecule has 1 aliphatic rings. The second-order valence-corrected chi connectivity index (χ2v) is 4.40. The highest BCUT2D eigenvalue weighted by Gasteiger charge is 2.19. The first-order chi connectivity index (χ1) is 6.22. The molecule has 1 aliphatic heterocycles. The molecule has 1 saturated heterocycles. The first kappa shape index (κ1) is 11.0. The van der Waals surface area contributed by atoms with E-state index in [1.54, 1.807) is 0 Å². The van der Waals surface area contributed by atoms with Gasteiger partial charge in [0.1, 0.15) is 0 Å². The van der Waals surface area contributed by atoms with Crippen molar-refractivity contribution < 1.29 is 4.74 Å². The van der Waals surface area contributed by atoms with Crippen LogP contribution in [0, 0.1) is 5.92 Å². The molecule has 0 aromatic carbocycles. The van der Waals surface area contributed by atoms with E-state index in [2.05, 4.69) is 19.2 Å². The average molecular weight is 185 g/mol. The van der Waals surface area contributed by atoms with Crippen LogP contribution < -0.4 is 5.32 Å². The molecule has 13 heavy (non-hydrogen) atoms. The summed E-state index contributed by atoms with van der Waals surface area (Å²) in [6.07, 6.45) is 5.60. The average Bonchev–Trinajstić information content (AvgIpc) is 2.56. The Morgan fingerprint density at radius 1 is 1.46 bits per heavy atom. The third-order valence-electron chi connectivity index (χ3n) is 2.94. The lowest BCUT2D eigenvalue weighted by molar-refractivity contribution is 0.0895. The van der Waals surface area contributed by atoms with Gasteiger partial charge in [0.05, 0.1) is 6.10 Å². The zero-order valence-electron chi connectivity index (χ0n) is 9.18. The first-order valence-corrected chi connectivity index (χ1v) is 5.51. The minimum atomic E-state index is 0.555. The molecule has 1 rings (SSSR count). The van der Waals surface area contributed by atoms with Crippen molar-refractivity contribution in [3.8, 4) is 0 Å². The van der Waals surface area contributed by atoms with Gasteiger partial charge in [-0.2, -0.15) is 0 Å². The third kappa shape index (κ3) is 4.10. The molecule has 0 aromatic heterocycles. The van der Waals surface area contributed by atoms with E-state index in [4.69, 9.17) is 4.74 Å². The van der Waals surface area contributed by atoms with Crippen molar-refractivity contribution in [1.82, 2.24) is 5.32 Å². The Kier molecular flexibility index (Phi) is 4.74. The molecule has 0 aromatic rings. The summed E-state index contributed by atoms with van der Waals surface area (Å²) in [6.45, 7) is 5.56. The van der Waals surface area contributed by atoms with Gasteiger partial charge in [-0.25, -0.2) is 0 Å². The highest BCUT2D eigenvalue weighted by Crippen LogP contribution is 2.22. The van der Waals surface area contributed by atoms with E-state index in [0.717, 1.165) is 12.5 Å². The summed E-state index contributed by atoms with van der Waals surface area (Å²) in [7, 11) is 2.03. The Hall–Kier alpha value is -0.0800. The molecule has 0 saturated carbocycles. The zero-order valence-corrected chi connectivity index (χ0v) is 9.18. The number of hydrogen-bond donors (Lipinski definition) is 1. The summed E-state index contributed by atoms with van der Waals surface area (Å²) in [6, 6.07) is 0.636. The monoisotopic (exact) mass is 185 g/mol. The molecule has 1 fully saturated rings. The molecule has 2 heteroatoms. The summed E-state index contributed by atoms with van der Waals surface area (Å²) in [5, 5.41) is 3.28. The van der Waals surface area contributed by atoms with E-state index < -0.39 is 0 Å². The van der Waals surface area contributed by atoms with E-state index in [1.165, 1.54) is 25.7 Å². The minimum Gasteiger partial charge on any atom is -0.378 e. The van der Waals surface area contributed by atoms with Gasteiger partial charge in [-0.3, -0.25) is 0 Å². The van der Waals surface area contributed by atoms with Crippen LogP contribution in [0.3, 0.4) is 0 Å². The number of rotatable bonds is 5. The van der Waals surface area contributed by atoms with Crippen molar-refractivity contribution in [3.05, 3.63) is 0 Å². The maximum absolute atomic E-state index is 5.62. The lowest BCUT2D eigenvalue weighted by Crippen LogP contribution is -2.25. The van der Waals surface area contributed by atoms with Crippen molar-refractivity contribution in [1.29, 1.82) is 0 Å². The van der Waals surface area contributed by atoms with Gasteiger partial charge in [0.2, 0.25) is 0 Å². The van der Waals surface area contributed by atoms with Crippen LogP contribution in [-0.4, -0.2) is 25.8 Å². The fourth-order valence-electron chi connectivity index (χ4n) is 2.10. The van der Waals surface area contributed by atoms with Gasteiger partial charge < -0.3 is 10.1 Å². The normalized spacial score (nSPS) is 27.5. The van der Waals surface area contributed by atoms with Crippen LogP contribution in [0.15, 0.2) is 0 Å². The molecule has 0 bridgehead atoms. The van der Waals surface area contributed by atoms with Crippen LogP contribution in [-0.2, 0) is 4.74 Å². The smallest absolute Gasteiger partial charge is 0.0578 e. The standard InChI is InChI=1S/C11H23NO/c1-9(7-10(2)12-3)8-11-5-4-6-13-11/h9-12H,4-8H2,1-3H3. The van der Waals surface area contributed by atoms with Crippen molar-refractivity contribution in [2.45, 2.75) is 51.7 Å². The van der Waals surface area contributed by atoms with Crippen LogP contribution in [0.1, 0.15) is 39.5 Å². The summed E-state index contributed by atoms with van der Waals surface area (Å²) in [5.41, 5.74) is 0. The predicted molar refractivity (Wildman–Crippen MR) is 55.9 cm³/mol. The Balaban J connectivity index is 2.12. The van der Waals surface area contributed by atoms with Crippen molar-refractivity contribution in [2.75, 3.05) is 13.7 Å². The number of ether oxygens (including phenoxy) is 1. The van der Waals surface area contributed by atoms with Gasteiger partial charge >= 0.3 is 0 Å².